The molecule has 2 aromatic heterocycles. The van der Waals surface area contributed by atoms with Crippen molar-refractivity contribution in [3.05, 3.63) is 90.1 Å². The van der Waals surface area contributed by atoms with Crippen molar-refractivity contribution < 1.29 is 9.37 Å². The molecule has 0 aliphatic heterocycles. The van der Waals surface area contributed by atoms with Crippen LogP contribution < -0.4 is 10.1 Å². The maximum Gasteiger partial charge on any atom is 0.135 e. The zero-order valence-electron chi connectivity index (χ0n) is 17.0. The van der Waals surface area contributed by atoms with Crippen molar-refractivity contribution in [1.29, 1.82) is 0 Å². The molecule has 31 heavy (non-hydrogen) atoms. The van der Waals surface area contributed by atoms with Gasteiger partial charge in [0.2, 0.25) is 0 Å². The van der Waals surface area contributed by atoms with Gasteiger partial charge in [-0.1, -0.05) is 24.3 Å². The summed E-state index contributed by atoms with van der Waals surface area (Å²) in [5.74, 6) is 1.61. The second-order valence-electron chi connectivity index (χ2n) is 7.31. The van der Waals surface area contributed by atoms with Crippen LogP contribution in [0.5, 0.6) is 11.5 Å². The van der Waals surface area contributed by atoms with Gasteiger partial charge in [-0.2, -0.15) is 5.10 Å². The highest BCUT2D eigenvalue weighted by Crippen LogP contribution is 2.27. The molecule has 3 aromatic carbocycles. The molecule has 0 saturated heterocycles. The number of nitrogens with zero attached hydrogens (tertiary/aromatic N) is 4. The maximum absolute atomic E-state index is 5.89. The molecule has 1 N–H and O–H groups in total. The molecular weight excluding hydrogens is 390 g/mol. The number of hydrogen-bond acceptors (Lipinski definition) is 6. The standard InChI is InChI=1S/C24H21N5O2/c1-29-16-19(15-25-14-17-7-12-22-23(13-17)28-31-27-22)24(26-29)18-8-10-21(11-9-18)30-20-5-3-2-4-6-20/h2-13,16,25H,14-15H2,1H3. The predicted molar refractivity (Wildman–Crippen MR) is 118 cm³/mol. The third-order valence-electron chi connectivity index (χ3n) is 4.97. The third kappa shape index (κ3) is 4.31. The number of aromatic nitrogens is 4. The van der Waals surface area contributed by atoms with Crippen molar-refractivity contribution in [2.24, 2.45) is 7.05 Å². The Hall–Kier alpha value is -3.97. The first-order valence-corrected chi connectivity index (χ1v) is 10.0. The molecule has 0 atom stereocenters. The van der Waals surface area contributed by atoms with E-state index < -0.39 is 0 Å². The van der Waals surface area contributed by atoms with Crippen LogP contribution in [0.1, 0.15) is 11.1 Å². The van der Waals surface area contributed by atoms with E-state index in [1.165, 1.54) is 0 Å². The summed E-state index contributed by atoms with van der Waals surface area (Å²) >= 11 is 0. The Morgan fingerprint density at radius 2 is 1.65 bits per heavy atom. The summed E-state index contributed by atoms with van der Waals surface area (Å²) in [4.78, 5) is 0. The van der Waals surface area contributed by atoms with Gasteiger partial charge >= 0.3 is 0 Å². The highest BCUT2D eigenvalue weighted by Gasteiger charge is 2.11. The van der Waals surface area contributed by atoms with Crippen molar-refractivity contribution in [1.82, 2.24) is 25.4 Å². The first-order valence-electron chi connectivity index (χ1n) is 10.0. The van der Waals surface area contributed by atoms with E-state index in [1.807, 2.05) is 90.7 Å². The van der Waals surface area contributed by atoms with Crippen LogP contribution in [0.2, 0.25) is 0 Å². The molecule has 5 aromatic rings. The highest BCUT2D eigenvalue weighted by atomic mass is 16.6. The normalized spacial score (nSPS) is 11.1. The van der Waals surface area contributed by atoms with Gasteiger partial charge in [-0.3, -0.25) is 4.68 Å². The fraction of sp³-hybridized carbons (Fsp3) is 0.125. The minimum absolute atomic E-state index is 0.695. The molecule has 0 fully saturated rings. The number of benzene rings is 3. The molecule has 0 unspecified atom stereocenters. The van der Waals surface area contributed by atoms with Gasteiger partial charge in [0, 0.05) is 37.5 Å². The summed E-state index contributed by atoms with van der Waals surface area (Å²) in [5.41, 5.74) is 5.78. The van der Waals surface area contributed by atoms with E-state index in [1.54, 1.807) is 0 Å². The lowest BCUT2D eigenvalue weighted by Gasteiger charge is -2.08. The van der Waals surface area contributed by atoms with E-state index in [4.69, 9.17) is 9.37 Å². The van der Waals surface area contributed by atoms with Crippen LogP contribution in [0.3, 0.4) is 0 Å². The summed E-state index contributed by atoms with van der Waals surface area (Å²) < 4.78 is 12.5. The summed E-state index contributed by atoms with van der Waals surface area (Å²) in [6, 6.07) is 23.7. The van der Waals surface area contributed by atoms with Gasteiger partial charge < -0.3 is 10.1 Å². The first kappa shape index (κ1) is 19.0. The Balaban J connectivity index is 1.27. The molecule has 0 aliphatic carbocycles. The second kappa shape index (κ2) is 8.41. The van der Waals surface area contributed by atoms with Gasteiger partial charge in [0.15, 0.2) is 0 Å². The molecule has 7 nitrogen and oxygen atoms in total. The zero-order valence-corrected chi connectivity index (χ0v) is 17.0. The van der Waals surface area contributed by atoms with Crippen LogP contribution in [0, 0.1) is 0 Å². The predicted octanol–water partition coefficient (Wildman–Crippen LogP) is 4.71. The number of rotatable bonds is 7. The molecule has 7 heteroatoms. The van der Waals surface area contributed by atoms with Crippen LogP contribution in [0.15, 0.2) is 83.6 Å². The highest BCUT2D eigenvalue weighted by molar-refractivity contribution is 5.73. The lowest BCUT2D eigenvalue weighted by Crippen LogP contribution is -2.12. The van der Waals surface area contributed by atoms with E-state index in [9.17, 15) is 0 Å². The number of fused-ring (bicyclic) bond motifs is 1. The van der Waals surface area contributed by atoms with Crippen molar-refractivity contribution in [2.45, 2.75) is 13.1 Å². The fourth-order valence-electron chi connectivity index (χ4n) is 3.49. The van der Waals surface area contributed by atoms with Gasteiger partial charge in [0.05, 0.1) is 5.69 Å². The van der Waals surface area contributed by atoms with Gasteiger partial charge in [-0.05, 0) is 64.4 Å². The monoisotopic (exact) mass is 411 g/mol. The Kier molecular flexibility index (Phi) is 5.16. The van der Waals surface area contributed by atoms with Crippen LogP contribution in [-0.2, 0) is 20.1 Å². The lowest BCUT2D eigenvalue weighted by atomic mass is 10.1. The summed E-state index contributed by atoms with van der Waals surface area (Å²) in [7, 11) is 1.94. The Bertz CT molecular complexity index is 1290. The largest absolute Gasteiger partial charge is 0.457 e. The molecule has 154 valence electrons. The van der Waals surface area contributed by atoms with Crippen LogP contribution in [-0.4, -0.2) is 20.1 Å². The Morgan fingerprint density at radius 3 is 2.48 bits per heavy atom. The molecule has 0 spiro atoms. The third-order valence-corrected chi connectivity index (χ3v) is 4.97. The Morgan fingerprint density at radius 1 is 0.871 bits per heavy atom. The lowest BCUT2D eigenvalue weighted by molar-refractivity contribution is 0.315. The average Bonchev–Trinajstić information content (AvgIpc) is 3.41. The van der Waals surface area contributed by atoms with Gasteiger partial charge in [-0.25, -0.2) is 4.63 Å². The summed E-state index contributed by atoms with van der Waals surface area (Å²) in [6.45, 7) is 1.40. The molecule has 0 bridgehead atoms. The number of para-hydroxylation sites is 1. The van der Waals surface area contributed by atoms with E-state index in [0.29, 0.717) is 13.1 Å². The second-order valence-corrected chi connectivity index (χ2v) is 7.31. The summed E-state index contributed by atoms with van der Waals surface area (Å²) in [5, 5.41) is 15.9. The molecule has 0 aliphatic rings. The topological polar surface area (TPSA) is 78.0 Å². The van der Waals surface area contributed by atoms with Gasteiger partial charge in [0.1, 0.15) is 22.5 Å². The minimum Gasteiger partial charge on any atom is -0.457 e. The quantitative estimate of drug-likeness (QED) is 0.418. The first-order chi connectivity index (χ1) is 15.2. The van der Waals surface area contributed by atoms with Crippen LogP contribution in [0.25, 0.3) is 22.3 Å². The van der Waals surface area contributed by atoms with Crippen LogP contribution >= 0.6 is 0 Å². The summed E-state index contributed by atoms with van der Waals surface area (Å²) in [6.07, 6.45) is 2.04. The van der Waals surface area contributed by atoms with Crippen molar-refractivity contribution in [3.8, 4) is 22.8 Å². The average molecular weight is 411 g/mol. The van der Waals surface area contributed by atoms with Crippen molar-refractivity contribution in [2.75, 3.05) is 0 Å². The van der Waals surface area contributed by atoms with Gasteiger partial charge in [0.25, 0.3) is 0 Å². The minimum atomic E-state index is 0.695. The number of hydrogen-bond donors (Lipinski definition) is 1. The van der Waals surface area contributed by atoms with E-state index >= 15 is 0 Å². The van der Waals surface area contributed by atoms with Crippen LogP contribution in [0.4, 0.5) is 0 Å². The van der Waals surface area contributed by atoms with Crippen molar-refractivity contribution in [3.63, 3.8) is 0 Å². The fourth-order valence-corrected chi connectivity index (χ4v) is 3.49. The number of nitrogens with one attached hydrogen (secondary N) is 1. The van der Waals surface area contributed by atoms with E-state index in [-0.39, 0.29) is 0 Å². The van der Waals surface area contributed by atoms with E-state index in [2.05, 4.69) is 20.7 Å². The molecule has 2 heterocycles. The molecular formula is C24H21N5O2. The molecule has 5 rings (SSSR count). The molecule has 0 radical (unpaired) electrons. The Labute approximate surface area is 179 Å². The number of aryl methyl sites for hydroxylation is 1. The van der Waals surface area contributed by atoms with Gasteiger partial charge in [-0.15, -0.1) is 0 Å². The number of ether oxygens (including phenoxy) is 1. The SMILES string of the molecule is Cn1cc(CNCc2ccc3nonc3c2)c(-c2ccc(Oc3ccccc3)cc2)n1. The molecule has 0 amide bonds. The van der Waals surface area contributed by atoms with Crippen molar-refractivity contribution >= 4 is 11.0 Å². The smallest absolute Gasteiger partial charge is 0.135 e. The van der Waals surface area contributed by atoms with E-state index in [0.717, 1.165) is 44.9 Å². The molecule has 0 saturated carbocycles. The maximum atomic E-state index is 5.89. The zero-order chi connectivity index (χ0) is 21.0.